The first-order chi connectivity index (χ1) is 17.3. The van der Waals surface area contributed by atoms with Crippen molar-refractivity contribution in [2.24, 2.45) is 5.92 Å². The highest BCUT2D eigenvalue weighted by Crippen LogP contribution is 2.41. The Hall–Kier alpha value is -4.23. The molecule has 37 heavy (non-hydrogen) atoms. The van der Waals surface area contributed by atoms with Gasteiger partial charge in [-0.05, 0) is 36.8 Å². The van der Waals surface area contributed by atoms with Crippen LogP contribution in [0.1, 0.15) is 16.7 Å². The second kappa shape index (κ2) is 9.33. The molecule has 1 aliphatic rings. The summed E-state index contributed by atoms with van der Waals surface area (Å²) in [6.45, 7) is 0. The van der Waals surface area contributed by atoms with Crippen molar-refractivity contribution in [2.45, 2.75) is 18.8 Å². The van der Waals surface area contributed by atoms with E-state index in [0.717, 1.165) is 7.11 Å². The standard InChI is InChI=1S/C23H17F6N3O5/c1-35-18-9-14(32-10-11-5-16(21(34)36-2)20(33)30-19(11)31-32)3-4-17(18)37-15-7-12(22(24,25)26)6-13(8-15)23(27,28)29/h3-4,6-10,16H,5H2,1-2H3,(H,30,31,33). The Bertz CT molecular complexity index is 1330. The summed E-state index contributed by atoms with van der Waals surface area (Å²) >= 11 is 0. The molecule has 0 aliphatic carbocycles. The van der Waals surface area contributed by atoms with Crippen LogP contribution in [0.4, 0.5) is 32.2 Å². The SMILES string of the molecule is COC(=O)C1Cc2cn(-c3ccc(Oc4cc(C(F)(F)F)cc(C(F)(F)F)c4)c(OC)c3)nc2NC1=O. The van der Waals surface area contributed by atoms with Crippen LogP contribution in [-0.2, 0) is 33.1 Å². The highest BCUT2D eigenvalue weighted by atomic mass is 19.4. The number of ether oxygens (including phenoxy) is 3. The molecular weight excluding hydrogens is 512 g/mol. The number of carbonyl (C=O) groups excluding carboxylic acids is 2. The van der Waals surface area contributed by atoms with Gasteiger partial charge in [0, 0.05) is 17.8 Å². The minimum atomic E-state index is -5.03. The van der Waals surface area contributed by atoms with E-state index in [0.29, 0.717) is 23.4 Å². The lowest BCUT2D eigenvalue weighted by atomic mass is 9.97. The maximum atomic E-state index is 13.2. The van der Waals surface area contributed by atoms with Crippen LogP contribution in [-0.4, -0.2) is 35.9 Å². The van der Waals surface area contributed by atoms with Crippen molar-refractivity contribution in [2.75, 3.05) is 19.5 Å². The molecule has 0 fully saturated rings. The van der Waals surface area contributed by atoms with E-state index in [1.54, 1.807) is 6.20 Å². The largest absolute Gasteiger partial charge is 0.493 e. The van der Waals surface area contributed by atoms with Gasteiger partial charge in [0.1, 0.15) is 11.7 Å². The van der Waals surface area contributed by atoms with Crippen LogP contribution in [0.3, 0.4) is 0 Å². The molecule has 4 rings (SSSR count). The number of fused-ring (bicyclic) bond motifs is 1. The second-order valence-corrected chi connectivity index (χ2v) is 7.90. The molecule has 196 valence electrons. The summed E-state index contributed by atoms with van der Waals surface area (Å²) in [6.07, 6.45) is -8.48. The van der Waals surface area contributed by atoms with Crippen molar-refractivity contribution < 1.29 is 50.1 Å². The Kier molecular flexibility index (Phi) is 6.52. The molecule has 1 atom stereocenters. The van der Waals surface area contributed by atoms with Crippen LogP contribution in [0.25, 0.3) is 5.69 Å². The summed E-state index contributed by atoms with van der Waals surface area (Å²) in [5, 5.41) is 6.76. The van der Waals surface area contributed by atoms with Gasteiger partial charge in [0.2, 0.25) is 5.91 Å². The number of halogens is 6. The number of hydrogen-bond donors (Lipinski definition) is 1. The van der Waals surface area contributed by atoms with Gasteiger partial charge < -0.3 is 19.5 Å². The van der Waals surface area contributed by atoms with Gasteiger partial charge in [-0.2, -0.15) is 26.3 Å². The first kappa shape index (κ1) is 25.9. The number of aromatic nitrogens is 2. The molecule has 1 unspecified atom stereocenters. The number of amides is 1. The summed E-state index contributed by atoms with van der Waals surface area (Å²) in [4.78, 5) is 24.0. The zero-order valence-corrected chi connectivity index (χ0v) is 19.0. The summed E-state index contributed by atoms with van der Waals surface area (Å²) in [7, 11) is 2.39. The quantitative estimate of drug-likeness (QED) is 0.284. The van der Waals surface area contributed by atoms with E-state index in [4.69, 9.17) is 9.47 Å². The van der Waals surface area contributed by atoms with Crippen LogP contribution >= 0.6 is 0 Å². The third-order valence-electron chi connectivity index (χ3n) is 5.46. The molecule has 2 heterocycles. The van der Waals surface area contributed by atoms with Crippen molar-refractivity contribution in [3.8, 4) is 22.9 Å². The normalized spacial score (nSPS) is 15.6. The van der Waals surface area contributed by atoms with Crippen molar-refractivity contribution in [1.82, 2.24) is 9.78 Å². The lowest BCUT2D eigenvalue weighted by molar-refractivity contribution is -0.149. The predicted octanol–water partition coefficient (Wildman–Crippen LogP) is 4.99. The predicted molar refractivity (Wildman–Crippen MR) is 114 cm³/mol. The number of esters is 1. The molecule has 1 N–H and O–H groups in total. The van der Waals surface area contributed by atoms with Crippen molar-refractivity contribution in [3.63, 3.8) is 0 Å². The number of nitrogens with one attached hydrogen (secondary N) is 1. The molecule has 0 spiro atoms. The van der Waals surface area contributed by atoms with Gasteiger partial charge in [-0.25, -0.2) is 4.68 Å². The van der Waals surface area contributed by atoms with Crippen molar-refractivity contribution >= 4 is 17.7 Å². The van der Waals surface area contributed by atoms with E-state index in [2.05, 4.69) is 15.2 Å². The fourth-order valence-electron chi connectivity index (χ4n) is 3.64. The Morgan fingerprint density at radius 3 is 2.22 bits per heavy atom. The van der Waals surface area contributed by atoms with Gasteiger partial charge in [0.05, 0.1) is 31.0 Å². The molecule has 0 saturated carbocycles. The molecular formula is C23H17F6N3O5. The molecule has 1 aromatic heterocycles. The monoisotopic (exact) mass is 529 g/mol. The van der Waals surface area contributed by atoms with Gasteiger partial charge in [-0.15, -0.1) is 5.10 Å². The Morgan fingerprint density at radius 1 is 1.00 bits per heavy atom. The molecule has 8 nitrogen and oxygen atoms in total. The van der Waals surface area contributed by atoms with E-state index in [1.165, 1.54) is 30.0 Å². The zero-order valence-electron chi connectivity index (χ0n) is 19.0. The highest BCUT2D eigenvalue weighted by Gasteiger charge is 2.38. The molecule has 3 aromatic rings. The number of carbonyl (C=O) groups is 2. The average molecular weight is 529 g/mol. The molecule has 0 bridgehead atoms. The van der Waals surface area contributed by atoms with E-state index in [-0.39, 0.29) is 29.8 Å². The number of rotatable bonds is 5. The van der Waals surface area contributed by atoms with Gasteiger partial charge in [0.15, 0.2) is 17.3 Å². The molecule has 2 aromatic carbocycles. The van der Waals surface area contributed by atoms with Crippen molar-refractivity contribution in [3.05, 3.63) is 59.3 Å². The highest BCUT2D eigenvalue weighted by molar-refractivity contribution is 6.06. The van der Waals surface area contributed by atoms with Crippen molar-refractivity contribution in [1.29, 1.82) is 0 Å². The summed E-state index contributed by atoms with van der Waals surface area (Å²) in [5.74, 6) is -2.99. The first-order valence-electron chi connectivity index (χ1n) is 10.4. The third kappa shape index (κ3) is 5.32. The molecule has 14 heteroatoms. The minimum Gasteiger partial charge on any atom is -0.493 e. The summed E-state index contributed by atoms with van der Waals surface area (Å²) < 4.78 is 95.5. The van der Waals surface area contributed by atoms with Gasteiger partial charge >= 0.3 is 18.3 Å². The number of methoxy groups -OCH3 is 2. The van der Waals surface area contributed by atoms with Gasteiger partial charge in [-0.3, -0.25) is 9.59 Å². The third-order valence-corrected chi connectivity index (χ3v) is 5.46. The smallest absolute Gasteiger partial charge is 0.416 e. The van der Waals surface area contributed by atoms with E-state index in [9.17, 15) is 35.9 Å². The van der Waals surface area contributed by atoms with Crippen LogP contribution in [0.5, 0.6) is 17.2 Å². The molecule has 0 saturated heterocycles. The van der Waals surface area contributed by atoms with Gasteiger partial charge in [0.25, 0.3) is 0 Å². The number of nitrogens with zero attached hydrogens (tertiary/aromatic N) is 2. The Morgan fingerprint density at radius 2 is 1.65 bits per heavy atom. The molecule has 1 aliphatic heterocycles. The average Bonchev–Trinajstić information content (AvgIpc) is 3.24. The Labute approximate surface area is 204 Å². The Balaban J connectivity index is 1.65. The summed E-state index contributed by atoms with van der Waals surface area (Å²) in [6, 6.07) is 4.98. The van der Waals surface area contributed by atoms with E-state index < -0.39 is 47.0 Å². The van der Waals surface area contributed by atoms with Crippen LogP contribution in [0.15, 0.2) is 42.6 Å². The maximum absolute atomic E-state index is 13.2. The lowest BCUT2D eigenvalue weighted by Gasteiger charge is -2.18. The fraction of sp³-hybridized carbons (Fsp3) is 0.261. The van der Waals surface area contributed by atoms with Gasteiger partial charge in [-0.1, -0.05) is 0 Å². The number of benzene rings is 2. The van der Waals surface area contributed by atoms with E-state index in [1.807, 2.05) is 0 Å². The summed E-state index contributed by atoms with van der Waals surface area (Å²) in [5.41, 5.74) is -2.15. The molecule has 1 amide bonds. The van der Waals surface area contributed by atoms with Crippen LogP contribution < -0.4 is 14.8 Å². The minimum absolute atomic E-state index is 0.00376. The number of alkyl halides is 6. The topological polar surface area (TPSA) is 91.7 Å². The molecule has 0 radical (unpaired) electrons. The van der Waals surface area contributed by atoms with Crippen LogP contribution in [0.2, 0.25) is 0 Å². The zero-order chi connectivity index (χ0) is 27.1. The number of hydrogen-bond acceptors (Lipinski definition) is 6. The lowest BCUT2D eigenvalue weighted by Crippen LogP contribution is -2.35. The van der Waals surface area contributed by atoms with E-state index >= 15 is 0 Å². The van der Waals surface area contributed by atoms with Crippen LogP contribution in [0, 0.1) is 5.92 Å². The maximum Gasteiger partial charge on any atom is 0.416 e. The first-order valence-corrected chi connectivity index (χ1v) is 10.4. The fourth-order valence-corrected chi connectivity index (χ4v) is 3.64. The number of anilines is 1. The second-order valence-electron chi connectivity index (χ2n) is 7.90.